The number of hydrogen-bond acceptors (Lipinski definition) is 3. The molecule has 0 spiro atoms. The van der Waals surface area contributed by atoms with E-state index in [1.54, 1.807) is 11.0 Å². The van der Waals surface area contributed by atoms with E-state index in [9.17, 15) is 0 Å². The van der Waals surface area contributed by atoms with E-state index in [0.717, 1.165) is 36.7 Å². The van der Waals surface area contributed by atoms with Crippen molar-refractivity contribution >= 4 is 5.96 Å². The SMILES string of the molecule is CCCCNC(=NCc1ccc(-n2cncn2)cc1)NCC. The average Bonchev–Trinajstić information content (AvgIpc) is 3.08. The molecule has 0 fully saturated rings. The van der Waals surface area contributed by atoms with Gasteiger partial charge in [0.15, 0.2) is 5.96 Å². The summed E-state index contributed by atoms with van der Waals surface area (Å²) >= 11 is 0. The Morgan fingerprint density at radius 1 is 1.18 bits per heavy atom. The summed E-state index contributed by atoms with van der Waals surface area (Å²) in [5, 5.41) is 10.7. The fourth-order valence-electron chi connectivity index (χ4n) is 1.99. The molecule has 22 heavy (non-hydrogen) atoms. The summed E-state index contributed by atoms with van der Waals surface area (Å²) in [6.07, 6.45) is 5.55. The fraction of sp³-hybridized carbons (Fsp3) is 0.438. The molecule has 1 aromatic heterocycles. The summed E-state index contributed by atoms with van der Waals surface area (Å²) in [5.74, 6) is 0.872. The van der Waals surface area contributed by atoms with Crippen molar-refractivity contribution in [2.45, 2.75) is 33.2 Å². The lowest BCUT2D eigenvalue weighted by Gasteiger charge is -2.10. The molecule has 2 rings (SSSR count). The number of aromatic nitrogens is 3. The van der Waals surface area contributed by atoms with Crippen molar-refractivity contribution < 1.29 is 0 Å². The zero-order valence-electron chi connectivity index (χ0n) is 13.3. The summed E-state index contributed by atoms with van der Waals surface area (Å²) in [6.45, 7) is 6.72. The predicted octanol–water partition coefficient (Wildman–Crippen LogP) is 2.12. The third kappa shape index (κ3) is 4.87. The van der Waals surface area contributed by atoms with Gasteiger partial charge in [0.05, 0.1) is 12.2 Å². The Morgan fingerprint density at radius 2 is 2.00 bits per heavy atom. The quantitative estimate of drug-likeness (QED) is 0.467. The highest BCUT2D eigenvalue weighted by Crippen LogP contribution is 2.08. The molecule has 0 radical (unpaired) electrons. The molecular weight excluding hydrogens is 276 g/mol. The Hall–Kier alpha value is -2.37. The van der Waals surface area contributed by atoms with Gasteiger partial charge in [0.1, 0.15) is 12.7 Å². The highest BCUT2D eigenvalue weighted by atomic mass is 15.3. The van der Waals surface area contributed by atoms with Gasteiger partial charge in [0.2, 0.25) is 0 Å². The van der Waals surface area contributed by atoms with Crippen LogP contribution in [0.15, 0.2) is 41.9 Å². The van der Waals surface area contributed by atoms with E-state index in [1.807, 2.05) is 12.1 Å². The van der Waals surface area contributed by atoms with E-state index in [-0.39, 0.29) is 0 Å². The van der Waals surface area contributed by atoms with Crippen LogP contribution in [-0.2, 0) is 6.54 Å². The first-order valence-corrected chi connectivity index (χ1v) is 7.79. The minimum Gasteiger partial charge on any atom is -0.357 e. The largest absolute Gasteiger partial charge is 0.357 e. The minimum atomic E-state index is 0.652. The third-order valence-electron chi connectivity index (χ3n) is 3.21. The Labute approximate surface area is 131 Å². The maximum Gasteiger partial charge on any atom is 0.191 e. The summed E-state index contributed by atoms with van der Waals surface area (Å²) in [6, 6.07) is 8.18. The molecule has 2 aromatic rings. The molecule has 6 heteroatoms. The van der Waals surface area contributed by atoms with Gasteiger partial charge in [-0.25, -0.2) is 14.7 Å². The second-order valence-electron chi connectivity index (χ2n) is 4.98. The second kappa shape index (κ2) is 8.81. The maximum absolute atomic E-state index is 4.61. The molecule has 0 unspecified atom stereocenters. The lowest BCUT2D eigenvalue weighted by atomic mass is 10.2. The van der Waals surface area contributed by atoms with E-state index < -0.39 is 0 Å². The van der Waals surface area contributed by atoms with Gasteiger partial charge in [0.25, 0.3) is 0 Å². The number of nitrogens with one attached hydrogen (secondary N) is 2. The van der Waals surface area contributed by atoms with Crippen molar-refractivity contribution in [2.24, 2.45) is 4.99 Å². The maximum atomic E-state index is 4.61. The molecule has 1 heterocycles. The number of unbranched alkanes of at least 4 members (excludes halogenated alkanes) is 1. The van der Waals surface area contributed by atoms with Crippen LogP contribution in [-0.4, -0.2) is 33.8 Å². The predicted molar refractivity (Wildman–Crippen MR) is 89.1 cm³/mol. The topological polar surface area (TPSA) is 67.1 Å². The number of hydrogen-bond donors (Lipinski definition) is 2. The molecule has 6 nitrogen and oxygen atoms in total. The summed E-state index contributed by atoms with van der Waals surface area (Å²) < 4.78 is 1.74. The molecule has 2 N–H and O–H groups in total. The Morgan fingerprint density at radius 3 is 2.64 bits per heavy atom. The van der Waals surface area contributed by atoms with Gasteiger partial charge in [-0.05, 0) is 31.0 Å². The highest BCUT2D eigenvalue weighted by molar-refractivity contribution is 5.79. The van der Waals surface area contributed by atoms with Crippen molar-refractivity contribution in [3.63, 3.8) is 0 Å². The average molecular weight is 300 g/mol. The minimum absolute atomic E-state index is 0.652. The Kier molecular flexibility index (Phi) is 6.41. The summed E-state index contributed by atoms with van der Waals surface area (Å²) in [7, 11) is 0. The first-order chi connectivity index (χ1) is 10.8. The molecule has 0 amide bonds. The highest BCUT2D eigenvalue weighted by Gasteiger charge is 1.99. The van der Waals surface area contributed by atoms with Crippen LogP contribution in [0.25, 0.3) is 5.69 Å². The van der Waals surface area contributed by atoms with E-state index >= 15 is 0 Å². The Balaban J connectivity index is 1.94. The van der Waals surface area contributed by atoms with E-state index in [4.69, 9.17) is 0 Å². The first kappa shape index (κ1) is 16.0. The number of benzene rings is 1. The molecule has 0 atom stereocenters. The lowest BCUT2D eigenvalue weighted by molar-refractivity contribution is 0.730. The molecule has 1 aromatic carbocycles. The van der Waals surface area contributed by atoms with Crippen LogP contribution < -0.4 is 10.6 Å². The molecule has 118 valence electrons. The van der Waals surface area contributed by atoms with E-state index in [2.05, 4.69) is 51.7 Å². The zero-order chi connectivity index (χ0) is 15.6. The van der Waals surface area contributed by atoms with Gasteiger partial charge in [0, 0.05) is 13.1 Å². The van der Waals surface area contributed by atoms with Crippen LogP contribution in [0.1, 0.15) is 32.3 Å². The lowest BCUT2D eigenvalue weighted by Crippen LogP contribution is -2.37. The van der Waals surface area contributed by atoms with Crippen LogP contribution in [0.5, 0.6) is 0 Å². The molecule has 0 aliphatic heterocycles. The molecule has 0 aliphatic carbocycles. The standard InChI is InChI=1S/C16H24N6/c1-3-5-10-19-16(18-4-2)20-11-14-6-8-15(9-7-14)22-13-17-12-21-22/h6-9,12-13H,3-5,10-11H2,1-2H3,(H2,18,19,20). The van der Waals surface area contributed by atoms with Crippen molar-refractivity contribution in [3.8, 4) is 5.69 Å². The van der Waals surface area contributed by atoms with Crippen LogP contribution in [0, 0.1) is 0 Å². The summed E-state index contributed by atoms with van der Waals surface area (Å²) in [4.78, 5) is 8.56. The Bertz CT molecular complexity index is 559. The van der Waals surface area contributed by atoms with Crippen LogP contribution in [0.4, 0.5) is 0 Å². The van der Waals surface area contributed by atoms with Gasteiger partial charge in [-0.2, -0.15) is 5.10 Å². The van der Waals surface area contributed by atoms with Gasteiger partial charge in [-0.3, -0.25) is 0 Å². The molecular formula is C16H24N6. The molecule has 0 saturated heterocycles. The third-order valence-corrected chi connectivity index (χ3v) is 3.21. The van der Waals surface area contributed by atoms with Gasteiger partial charge in [-0.15, -0.1) is 0 Å². The number of nitrogens with zero attached hydrogens (tertiary/aromatic N) is 4. The van der Waals surface area contributed by atoms with Crippen molar-refractivity contribution in [1.82, 2.24) is 25.4 Å². The van der Waals surface area contributed by atoms with Gasteiger partial charge in [-0.1, -0.05) is 25.5 Å². The molecule has 0 bridgehead atoms. The molecule has 0 saturated carbocycles. The van der Waals surface area contributed by atoms with Crippen LogP contribution in [0.2, 0.25) is 0 Å². The second-order valence-corrected chi connectivity index (χ2v) is 4.98. The number of guanidine groups is 1. The van der Waals surface area contributed by atoms with Crippen LogP contribution in [0.3, 0.4) is 0 Å². The number of aliphatic imine (C=N–C) groups is 1. The van der Waals surface area contributed by atoms with Crippen molar-refractivity contribution in [1.29, 1.82) is 0 Å². The molecule has 0 aliphatic rings. The first-order valence-electron chi connectivity index (χ1n) is 7.79. The number of rotatable bonds is 7. The summed E-state index contributed by atoms with van der Waals surface area (Å²) in [5.41, 5.74) is 2.16. The van der Waals surface area contributed by atoms with E-state index in [0.29, 0.717) is 6.54 Å². The monoisotopic (exact) mass is 300 g/mol. The van der Waals surface area contributed by atoms with Gasteiger partial charge < -0.3 is 10.6 Å². The smallest absolute Gasteiger partial charge is 0.191 e. The fourth-order valence-corrected chi connectivity index (χ4v) is 1.99. The van der Waals surface area contributed by atoms with Crippen molar-refractivity contribution in [2.75, 3.05) is 13.1 Å². The van der Waals surface area contributed by atoms with Crippen LogP contribution >= 0.6 is 0 Å². The van der Waals surface area contributed by atoms with Crippen molar-refractivity contribution in [3.05, 3.63) is 42.5 Å². The zero-order valence-corrected chi connectivity index (χ0v) is 13.3. The van der Waals surface area contributed by atoms with Gasteiger partial charge >= 0.3 is 0 Å². The van der Waals surface area contributed by atoms with E-state index in [1.165, 1.54) is 12.7 Å². The normalized spacial score (nSPS) is 11.5.